The van der Waals surface area contributed by atoms with Crippen LogP contribution in [0.15, 0.2) is 35.9 Å². The molecule has 1 aromatic rings. The Bertz CT molecular complexity index is 778. The van der Waals surface area contributed by atoms with Crippen LogP contribution < -0.4 is 4.90 Å². The van der Waals surface area contributed by atoms with Crippen LogP contribution in [0.4, 0.5) is 0 Å². The molecule has 0 aliphatic heterocycles. The van der Waals surface area contributed by atoms with Crippen molar-refractivity contribution in [3.63, 3.8) is 0 Å². The molecular formula is C23H32BrN3O4. The van der Waals surface area contributed by atoms with E-state index < -0.39 is 22.2 Å². The Labute approximate surface area is 193 Å². The SMILES string of the molecule is CCOC(=O)C(=C=[N-])C(c1ccccc1)C(Br)(C#N)C(=O)OCC.CC[NH+](CC)CC. The van der Waals surface area contributed by atoms with Gasteiger partial charge in [-0.3, -0.25) is 5.87 Å². The van der Waals surface area contributed by atoms with Crippen molar-refractivity contribution >= 4 is 33.7 Å². The number of ether oxygens (including phenoxy) is 2. The normalized spacial score (nSPS) is 12.8. The number of benzene rings is 1. The molecule has 8 heteroatoms. The van der Waals surface area contributed by atoms with Gasteiger partial charge in [-0.15, -0.1) is 0 Å². The Morgan fingerprint density at radius 2 is 1.58 bits per heavy atom. The smallest absolute Gasteiger partial charge is 0.340 e. The first-order valence-electron chi connectivity index (χ1n) is 10.4. The van der Waals surface area contributed by atoms with Gasteiger partial charge in [-0.1, -0.05) is 46.3 Å². The van der Waals surface area contributed by atoms with Gasteiger partial charge >= 0.3 is 11.9 Å². The van der Waals surface area contributed by atoms with Crippen molar-refractivity contribution in [1.29, 1.82) is 5.26 Å². The van der Waals surface area contributed by atoms with E-state index >= 15 is 0 Å². The number of nitrogens with zero attached hydrogens (tertiary/aromatic N) is 2. The van der Waals surface area contributed by atoms with Crippen LogP contribution in [-0.4, -0.2) is 55.0 Å². The predicted octanol–water partition coefficient (Wildman–Crippen LogP) is 2.65. The average molecular weight is 494 g/mol. The number of hydrogen-bond acceptors (Lipinski definition) is 5. The number of nitriles is 1. The van der Waals surface area contributed by atoms with Gasteiger partial charge in [0.2, 0.25) is 4.32 Å². The number of alkyl halides is 1. The minimum absolute atomic E-state index is 0.0522. The van der Waals surface area contributed by atoms with Crippen molar-refractivity contribution in [3.8, 4) is 6.07 Å². The van der Waals surface area contributed by atoms with E-state index in [2.05, 4.69) is 36.7 Å². The first-order valence-corrected chi connectivity index (χ1v) is 11.2. The molecule has 1 aromatic carbocycles. The molecule has 0 fully saturated rings. The average Bonchev–Trinajstić information content (AvgIpc) is 2.79. The van der Waals surface area contributed by atoms with Gasteiger partial charge in [0.1, 0.15) is 0 Å². The summed E-state index contributed by atoms with van der Waals surface area (Å²) in [4.78, 5) is 26.2. The molecule has 170 valence electrons. The minimum Gasteiger partial charge on any atom is -0.763 e. The van der Waals surface area contributed by atoms with Crippen molar-refractivity contribution in [2.75, 3.05) is 32.8 Å². The summed E-state index contributed by atoms with van der Waals surface area (Å²) in [5.41, 5.74) is 0.0862. The number of carbonyl (C=O) groups excluding carboxylic acids is 2. The summed E-state index contributed by atoms with van der Waals surface area (Å²) in [5, 5.41) is 19.1. The number of rotatable bonds is 10. The van der Waals surface area contributed by atoms with Crippen molar-refractivity contribution in [1.82, 2.24) is 0 Å². The zero-order valence-electron chi connectivity index (χ0n) is 18.9. The van der Waals surface area contributed by atoms with Crippen LogP contribution in [0.1, 0.15) is 46.1 Å². The van der Waals surface area contributed by atoms with Crippen molar-refractivity contribution in [2.24, 2.45) is 0 Å². The summed E-state index contributed by atoms with van der Waals surface area (Å²) in [6.07, 6.45) is 0. The summed E-state index contributed by atoms with van der Waals surface area (Å²) in [6, 6.07) is 10.2. The molecule has 31 heavy (non-hydrogen) atoms. The van der Waals surface area contributed by atoms with E-state index in [4.69, 9.17) is 9.47 Å². The maximum atomic E-state index is 12.3. The molecule has 0 radical (unpaired) electrons. The maximum Gasteiger partial charge on any atom is 0.340 e. The van der Waals surface area contributed by atoms with E-state index in [-0.39, 0.29) is 18.8 Å². The molecule has 2 atom stereocenters. The predicted molar refractivity (Wildman–Crippen MR) is 124 cm³/mol. The summed E-state index contributed by atoms with van der Waals surface area (Å²) in [6.45, 7) is 13.8. The van der Waals surface area contributed by atoms with E-state index in [1.54, 1.807) is 54.9 Å². The Morgan fingerprint density at radius 1 is 1.06 bits per heavy atom. The number of esters is 2. The second-order valence-electron chi connectivity index (χ2n) is 6.44. The van der Waals surface area contributed by atoms with Gasteiger partial charge in [-0.25, -0.2) is 9.59 Å². The molecule has 0 saturated carbocycles. The standard InChI is InChI=1S/C17H16BrN2O4.C6H15N/c1-3-23-15(21)13(10-19)14(12-8-6-5-7-9-12)17(18,11-20)16(22)24-4-2;1-4-7(5-2)6-3/h5-9,14H,3-4H2,1-2H3;4-6H2,1-3H3/q-1;/p+1. The molecule has 2 unspecified atom stereocenters. The summed E-state index contributed by atoms with van der Waals surface area (Å²) in [5.74, 6) is -1.15. The molecular weight excluding hydrogens is 462 g/mol. The van der Waals surface area contributed by atoms with Crippen LogP contribution in [0.5, 0.6) is 0 Å². The third-order valence-electron chi connectivity index (χ3n) is 4.67. The zero-order valence-corrected chi connectivity index (χ0v) is 20.5. The van der Waals surface area contributed by atoms with Gasteiger partial charge < -0.3 is 19.8 Å². The molecule has 0 heterocycles. The van der Waals surface area contributed by atoms with Crippen LogP contribution in [0.2, 0.25) is 0 Å². The quantitative estimate of drug-likeness (QED) is 0.233. The first-order chi connectivity index (χ1) is 14.8. The van der Waals surface area contributed by atoms with Gasteiger partial charge in [-0.05, 0) is 40.2 Å². The van der Waals surface area contributed by atoms with Crippen LogP contribution in [0, 0.1) is 11.3 Å². The monoisotopic (exact) mass is 493 g/mol. The Kier molecular flexibility index (Phi) is 14.1. The lowest BCUT2D eigenvalue weighted by atomic mass is 9.81. The van der Waals surface area contributed by atoms with E-state index in [0.29, 0.717) is 5.56 Å². The fourth-order valence-electron chi connectivity index (χ4n) is 2.89. The van der Waals surface area contributed by atoms with Gasteiger partial charge in [-0.2, -0.15) is 5.26 Å². The zero-order chi connectivity index (χ0) is 23.9. The molecule has 7 nitrogen and oxygen atoms in total. The van der Waals surface area contributed by atoms with E-state index in [9.17, 15) is 20.3 Å². The largest absolute Gasteiger partial charge is 0.763 e. The molecule has 0 aliphatic rings. The van der Waals surface area contributed by atoms with Crippen molar-refractivity contribution in [3.05, 3.63) is 46.9 Å². The fourth-order valence-corrected chi connectivity index (χ4v) is 3.50. The highest BCUT2D eigenvalue weighted by Gasteiger charge is 2.49. The summed E-state index contributed by atoms with van der Waals surface area (Å²) in [7, 11) is 0. The Morgan fingerprint density at radius 3 is 1.94 bits per heavy atom. The lowest BCUT2D eigenvalue weighted by molar-refractivity contribution is -0.894. The Hall–Kier alpha value is -2.46. The van der Waals surface area contributed by atoms with Gasteiger partial charge in [0.25, 0.3) is 0 Å². The highest BCUT2D eigenvalue weighted by molar-refractivity contribution is 9.10. The molecule has 0 bridgehead atoms. The lowest BCUT2D eigenvalue weighted by Gasteiger charge is -2.29. The Balaban J connectivity index is 0.00000110. The number of hydrogen-bond donors (Lipinski definition) is 1. The fraction of sp³-hybridized carbons (Fsp3) is 0.522. The highest BCUT2D eigenvalue weighted by Crippen LogP contribution is 2.41. The van der Waals surface area contributed by atoms with E-state index in [0.717, 1.165) is 0 Å². The lowest BCUT2D eigenvalue weighted by Crippen LogP contribution is -3.11. The van der Waals surface area contributed by atoms with Crippen LogP contribution in [0.3, 0.4) is 0 Å². The third kappa shape index (κ3) is 8.29. The van der Waals surface area contributed by atoms with E-state index in [1.165, 1.54) is 19.6 Å². The molecule has 0 aliphatic carbocycles. The number of carbonyl (C=O) groups is 2. The number of nitrogens with one attached hydrogen (secondary N) is 1. The molecule has 0 spiro atoms. The van der Waals surface area contributed by atoms with Crippen molar-refractivity contribution in [2.45, 2.75) is 44.9 Å². The minimum atomic E-state index is -1.93. The summed E-state index contributed by atoms with van der Waals surface area (Å²) < 4.78 is 7.92. The molecule has 0 saturated heterocycles. The molecule has 1 rings (SSSR count). The molecule has 0 aromatic heterocycles. The van der Waals surface area contributed by atoms with E-state index in [1.807, 2.05) is 6.07 Å². The van der Waals surface area contributed by atoms with Gasteiger partial charge in [0, 0.05) is 0 Å². The van der Waals surface area contributed by atoms with Crippen LogP contribution in [-0.2, 0) is 19.1 Å². The molecule has 1 N–H and O–H groups in total. The van der Waals surface area contributed by atoms with Crippen LogP contribution in [0.25, 0.3) is 5.41 Å². The van der Waals surface area contributed by atoms with Gasteiger partial charge in [0.05, 0.1) is 50.4 Å². The second kappa shape index (κ2) is 15.4. The highest BCUT2D eigenvalue weighted by atomic mass is 79.9. The summed E-state index contributed by atoms with van der Waals surface area (Å²) >= 11 is 3.10. The van der Waals surface area contributed by atoms with Crippen molar-refractivity contribution < 1.29 is 24.0 Å². The number of quaternary nitrogens is 1. The first kappa shape index (κ1) is 28.5. The van der Waals surface area contributed by atoms with Gasteiger partial charge in [0.15, 0.2) is 0 Å². The molecule has 0 amide bonds. The number of halogens is 1. The maximum absolute atomic E-state index is 12.3. The van der Waals surface area contributed by atoms with Crippen LogP contribution >= 0.6 is 15.9 Å². The topological polar surface area (TPSA) is 103 Å². The third-order valence-corrected chi connectivity index (χ3v) is 5.63. The second-order valence-corrected chi connectivity index (χ2v) is 7.70.